The van der Waals surface area contributed by atoms with Crippen LogP contribution in [0.4, 0.5) is 10.8 Å². The lowest BCUT2D eigenvalue weighted by Gasteiger charge is -2.34. The molecule has 0 bridgehead atoms. The smallest absolute Gasteiger partial charge is 0.257 e. The molecule has 2 aliphatic heterocycles. The minimum Gasteiger partial charge on any atom is -0.298 e. The number of amides is 1. The molecule has 0 saturated carbocycles. The molecule has 31 heavy (non-hydrogen) atoms. The van der Waals surface area contributed by atoms with E-state index in [1.54, 1.807) is 18.2 Å². The summed E-state index contributed by atoms with van der Waals surface area (Å²) in [6.07, 6.45) is 3.08. The van der Waals surface area contributed by atoms with Gasteiger partial charge in [0.25, 0.3) is 5.91 Å². The van der Waals surface area contributed by atoms with Crippen LogP contribution in [-0.2, 0) is 23.0 Å². The van der Waals surface area contributed by atoms with E-state index in [2.05, 4.69) is 29.0 Å². The van der Waals surface area contributed by atoms with E-state index in [-0.39, 0.29) is 11.9 Å². The van der Waals surface area contributed by atoms with Crippen LogP contribution >= 0.6 is 11.3 Å². The number of thiazole rings is 1. The number of piperidine rings is 1. The third-order valence-corrected chi connectivity index (χ3v) is 8.03. The number of carbonyl (C=O) groups excluding carboxylic acids is 1. The van der Waals surface area contributed by atoms with Crippen LogP contribution in [0.3, 0.4) is 0 Å². The summed E-state index contributed by atoms with van der Waals surface area (Å²) in [5.41, 5.74) is 3.02. The normalized spacial score (nSPS) is 24.3. The number of benzene rings is 1. The highest BCUT2D eigenvalue weighted by Crippen LogP contribution is 2.35. The van der Waals surface area contributed by atoms with Crippen molar-refractivity contribution in [2.24, 2.45) is 11.8 Å². The molecule has 0 spiro atoms. The summed E-state index contributed by atoms with van der Waals surface area (Å²) in [4.78, 5) is 19.8. The first-order valence-corrected chi connectivity index (χ1v) is 13.4. The summed E-state index contributed by atoms with van der Waals surface area (Å²) in [5.74, 6) is 1.17. The highest BCUT2D eigenvalue weighted by molar-refractivity contribution is 7.92. The fourth-order valence-electron chi connectivity index (χ4n) is 5.01. The molecular formula is C22H30N4O3S2. The van der Waals surface area contributed by atoms with Gasteiger partial charge in [-0.1, -0.05) is 13.8 Å². The molecule has 168 valence electrons. The quantitative estimate of drug-likeness (QED) is 0.734. The lowest BCUT2D eigenvalue weighted by Crippen LogP contribution is -2.38. The number of nitrogens with one attached hydrogen (secondary N) is 1. The lowest BCUT2D eigenvalue weighted by molar-refractivity contribution is 0.102. The van der Waals surface area contributed by atoms with Gasteiger partial charge in [0.2, 0.25) is 10.0 Å². The number of rotatable bonds is 5. The monoisotopic (exact) mass is 462 g/mol. The van der Waals surface area contributed by atoms with Crippen LogP contribution < -0.4 is 9.62 Å². The SMILES string of the molecule is C[C@@H]1C[C@@H](C)CN(Cc2csc(NC(=O)c3ccc4c(c3)C[C@H](C)N4S(C)(=O)=O)n2)C1. The molecule has 0 radical (unpaired) electrons. The molecule has 1 fully saturated rings. The molecule has 7 nitrogen and oxygen atoms in total. The van der Waals surface area contributed by atoms with E-state index in [0.29, 0.717) is 34.6 Å². The van der Waals surface area contributed by atoms with Gasteiger partial charge in [0.1, 0.15) is 0 Å². The molecule has 1 N–H and O–H groups in total. The predicted molar refractivity (Wildman–Crippen MR) is 125 cm³/mol. The third-order valence-electron chi connectivity index (χ3n) is 5.95. The van der Waals surface area contributed by atoms with Crippen molar-refractivity contribution in [3.05, 3.63) is 40.4 Å². The Morgan fingerprint density at radius 1 is 1.23 bits per heavy atom. The van der Waals surface area contributed by atoms with Crippen molar-refractivity contribution in [3.8, 4) is 0 Å². The van der Waals surface area contributed by atoms with Crippen molar-refractivity contribution in [3.63, 3.8) is 0 Å². The van der Waals surface area contributed by atoms with Gasteiger partial charge in [-0.25, -0.2) is 13.4 Å². The zero-order chi connectivity index (χ0) is 22.3. The van der Waals surface area contributed by atoms with Crippen LogP contribution in [0.5, 0.6) is 0 Å². The van der Waals surface area contributed by atoms with Gasteiger partial charge in [-0.05, 0) is 55.4 Å². The van der Waals surface area contributed by atoms with Crippen LogP contribution in [0, 0.1) is 11.8 Å². The second-order valence-corrected chi connectivity index (χ2v) is 11.9. The number of aromatic nitrogens is 1. The Morgan fingerprint density at radius 3 is 2.61 bits per heavy atom. The van der Waals surface area contributed by atoms with E-state index in [4.69, 9.17) is 0 Å². The molecule has 3 heterocycles. The molecule has 0 unspecified atom stereocenters. The number of likely N-dealkylation sites (tertiary alicyclic amines) is 1. The van der Waals surface area contributed by atoms with Crippen LogP contribution in [0.1, 0.15) is 48.8 Å². The van der Waals surface area contributed by atoms with Crippen molar-refractivity contribution in [2.45, 2.75) is 46.2 Å². The number of hydrogen-bond acceptors (Lipinski definition) is 6. The highest BCUT2D eigenvalue weighted by atomic mass is 32.2. The zero-order valence-electron chi connectivity index (χ0n) is 18.5. The lowest BCUT2D eigenvalue weighted by atomic mass is 9.92. The maximum absolute atomic E-state index is 12.8. The largest absolute Gasteiger partial charge is 0.298 e. The highest BCUT2D eigenvalue weighted by Gasteiger charge is 2.33. The van der Waals surface area contributed by atoms with E-state index >= 15 is 0 Å². The molecule has 4 rings (SSSR count). The second-order valence-electron chi connectivity index (χ2n) is 9.19. The molecule has 2 aliphatic rings. The summed E-state index contributed by atoms with van der Waals surface area (Å²) < 4.78 is 25.6. The van der Waals surface area contributed by atoms with E-state index in [9.17, 15) is 13.2 Å². The number of anilines is 2. The number of hydrogen-bond donors (Lipinski definition) is 1. The van der Waals surface area contributed by atoms with Crippen molar-refractivity contribution in [1.29, 1.82) is 0 Å². The summed E-state index contributed by atoms with van der Waals surface area (Å²) in [7, 11) is -3.34. The zero-order valence-corrected chi connectivity index (χ0v) is 20.1. The topological polar surface area (TPSA) is 82.6 Å². The van der Waals surface area contributed by atoms with Gasteiger partial charge in [0, 0.05) is 36.6 Å². The van der Waals surface area contributed by atoms with Gasteiger partial charge in [0.15, 0.2) is 5.13 Å². The fraction of sp³-hybridized carbons (Fsp3) is 0.545. The summed E-state index contributed by atoms with van der Waals surface area (Å²) in [5, 5.41) is 5.49. The molecule has 1 saturated heterocycles. The first-order chi connectivity index (χ1) is 14.6. The van der Waals surface area contributed by atoms with Gasteiger partial charge in [0.05, 0.1) is 17.6 Å². The number of fused-ring (bicyclic) bond motifs is 1. The maximum atomic E-state index is 12.8. The molecule has 1 amide bonds. The van der Waals surface area contributed by atoms with E-state index in [0.717, 1.165) is 30.9 Å². The van der Waals surface area contributed by atoms with E-state index in [1.807, 2.05) is 12.3 Å². The number of carbonyl (C=O) groups is 1. The average molecular weight is 463 g/mol. The Kier molecular flexibility index (Phi) is 6.11. The minimum absolute atomic E-state index is 0.148. The molecule has 1 aromatic heterocycles. The molecular weight excluding hydrogens is 432 g/mol. The molecule has 2 aromatic rings. The van der Waals surface area contributed by atoms with Gasteiger partial charge in [-0.15, -0.1) is 11.3 Å². The number of nitrogens with zero attached hydrogens (tertiary/aromatic N) is 3. The van der Waals surface area contributed by atoms with E-state index in [1.165, 1.54) is 28.3 Å². The van der Waals surface area contributed by atoms with Gasteiger partial charge in [-0.3, -0.25) is 19.3 Å². The minimum atomic E-state index is -3.34. The van der Waals surface area contributed by atoms with Gasteiger partial charge < -0.3 is 0 Å². The Morgan fingerprint density at radius 2 is 1.94 bits per heavy atom. The Bertz CT molecular complexity index is 1070. The molecule has 3 atom stereocenters. The van der Waals surface area contributed by atoms with Gasteiger partial charge in [-0.2, -0.15) is 0 Å². The van der Waals surface area contributed by atoms with Crippen molar-refractivity contribution < 1.29 is 13.2 Å². The van der Waals surface area contributed by atoms with Gasteiger partial charge >= 0.3 is 0 Å². The van der Waals surface area contributed by atoms with Crippen molar-refractivity contribution >= 4 is 38.1 Å². The Labute approximate surface area is 188 Å². The van der Waals surface area contributed by atoms with Crippen molar-refractivity contribution in [2.75, 3.05) is 29.0 Å². The third kappa shape index (κ3) is 4.94. The van der Waals surface area contributed by atoms with Crippen LogP contribution in [-0.4, -0.2) is 49.6 Å². The summed E-state index contributed by atoms with van der Waals surface area (Å²) in [6, 6.07) is 5.04. The number of sulfonamides is 1. The van der Waals surface area contributed by atoms with Crippen LogP contribution in [0.15, 0.2) is 23.6 Å². The maximum Gasteiger partial charge on any atom is 0.257 e. The molecule has 1 aromatic carbocycles. The molecule has 0 aliphatic carbocycles. The predicted octanol–water partition coefficient (Wildman–Crippen LogP) is 3.58. The van der Waals surface area contributed by atoms with Crippen LogP contribution in [0.25, 0.3) is 0 Å². The first kappa shape index (κ1) is 22.2. The summed E-state index contributed by atoms with van der Waals surface area (Å²) >= 11 is 1.44. The Hall–Kier alpha value is -1.97. The summed E-state index contributed by atoms with van der Waals surface area (Å²) in [6.45, 7) is 9.44. The van der Waals surface area contributed by atoms with E-state index < -0.39 is 10.0 Å². The molecule has 9 heteroatoms. The first-order valence-electron chi connectivity index (χ1n) is 10.7. The fourth-order valence-corrected chi connectivity index (χ4v) is 6.97. The standard InChI is InChI=1S/C22H30N4O3S2/c1-14-7-15(2)11-25(10-14)12-19-13-30-22(23-19)24-21(27)17-5-6-20-18(9-17)8-16(3)26(20)31(4,28)29/h5-6,9,13-16H,7-8,10-12H2,1-4H3,(H,23,24,27)/t14-,15-,16+/m1/s1. The Balaban J connectivity index is 1.42. The second kappa shape index (κ2) is 8.52. The average Bonchev–Trinajstić information content (AvgIpc) is 3.22. The van der Waals surface area contributed by atoms with Crippen molar-refractivity contribution in [1.82, 2.24) is 9.88 Å². The van der Waals surface area contributed by atoms with Crippen LogP contribution in [0.2, 0.25) is 0 Å².